The van der Waals surface area contributed by atoms with Gasteiger partial charge in [0.1, 0.15) is 0 Å². The fraction of sp³-hybridized carbons (Fsp3) is 0.750. The summed E-state index contributed by atoms with van der Waals surface area (Å²) in [6.45, 7) is 2.51. The highest BCUT2D eigenvalue weighted by atomic mass is 32.1. The number of fused-ring (bicyclic) bond motifs is 1. The van der Waals surface area contributed by atoms with Crippen LogP contribution in [-0.2, 0) is 12.8 Å². The molecule has 0 N–H and O–H groups in total. The molecule has 0 aromatic carbocycles. The Kier molecular flexibility index (Phi) is 2.65. The van der Waals surface area contributed by atoms with Crippen molar-refractivity contribution in [2.45, 2.75) is 44.9 Å². The molecule has 82 valence electrons. The van der Waals surface area contributed by atoms with Crippen molar-refractivity contribution < 1.29 is 4.07 Å². The highest BCUT2D eigenvalue weighted by Gasteiger charge is 2.24. The number of hydrogen-bond donors (Lipinski definition) is 0. The topological polar surface area (TPSA) is 7.12 Å². The second kappa shape index (κ2) is 4.12. The van der Waals surface area contributed by atoms with E-state index in [1.807, 2.05) is 11.5 Å². The SMILES string of the molecule is c1c2c(s[n+]1N1CCCCC1)CCCC2. The third kappa shape index (κ3) is 1.89. The van der Waals surface area contributed by atoms with Gasteiger partial charge in [0.25, 0.3) is 0 Å². The zero-order valence-corrected chi connectivity index (χ0v) is 10.1. The monoisotopic (exact) mass is 223 g/mol. The van der Waals surface area contributed by atoms with E-state index >= 15 is 0 Å². The minimum atomic E-state index is 1.25. The average molecular weight is 223 g/mol. The van der Waals surface area contributed by atoms with Crippen LogP contribution >= 0.6 is 11.5 Å². The summed E-state index contributed by atoms with van der Waals surface area (Å²) in [4.78, 5) is 1.65. The number of rotatable bonds is 1. The average Bonchev–Trinajstić information content (AvgIpc) is 2.74. The second-order valence-electron chi connectivity index (χ2n) is 4.69. The lowest BCUT2D eigenvalue weighted by Crippen LogP contribution is -2.57. The molecule has 1 aliphatic heterocycles. The molecule has 3 rings (SSSR count). The molecule has 0 atom stereocenters. The quantitative estimate of drug-likeness (QED) is 0.661. The molecule has 0 spiro atoms. The number of nitrogens with zero attached hydrogens (tertiary/aromatic N) is 2. The third-order valence-electron chi connectivity index (χ3n) is 3.54. The van der Waals surface area contributed by atoms with Crippen LogP contribution in [-0.4, -0.2) is 13.1 Å². The number of hydrogen-bond acceptors (Lipinski definition) is 2. The first-order chi connectivity index (χ1) is 7.43. The lowest BCUT2D eigenvalue weighted by Gasteiger charge is -2.19. The Labute approximate surface area is 95.6 Å². The molecule has 2 heterocycles. The van der Waals surface area contributed by atoms with Crippen LogP contribution in [0.5, 0.6) is 0 Å². The van der Waals surface area contributed by atoms with Crippen molar-refractivity contribution in [1.29, 1.82) is 0 Å². The van der Waals surface area contributed by atoms with Gasteiger partial charge in [0, 0.05) is 5.56 Å². The molecule has 1 aromatic heterocycles. The Bertz CT molecular complexity index is 316. The van der Waals surface area contributed by atoms with E-state index in [1.165, 1.54) is 58.0 Å². The normalized spacial score (nSPS) is 21.5. The number of piperidine rings is 1. The maximum atomic E-state index is 2.52. The first kappa shape index (κ1) is 9.64. The Balaban J connectivity index is 1.82. The molecule has 3 heteroatoms. The highest BCUT2D eigenvalue weighted by Crippen LogP contribution is 2.23. The summed E-state index contributed by atoms with van der Waals surface area (Å²) >= 11 is 1.98. The van der Waals surface area contributed by atoms with E-state index in [0.717, 1.165) is 0 Å². The van der Waals surface area contributed by atoms with Gasteiger partial charge in [-0.1, -0.05) is 0 Å². The van der Waals surface area contributed by atoms with Gasteiger partial charge in [0.2, 0.25) is 6.20 Å². The summed E-state index contributed by atoms with van der Waals surface area (Å²) < 4.78 is 2.41. The van der Waals surface area contributed by atoms with Crippen LogP contribution in [0.3, 0.4) is 0 Å². The van der Waals surface area contributed by atoms with Crippen LogP contribution in [0.4, 0.5) is 0 Å². The molecule has 2 aliphatic rings. The summed E-state index contributed by atoms with van der Waals surface area (Å²) in [5.41, 5.74) is 1.62. The zero-order valence-electron chi connectivity index (χ0n) is 9.24. The Morgan fingerprint density at radius 2 is 1.80 bits per heavy atom. The lowest BCUT2D eigenvalue weighted by atomic mass is 10.0. The molecular weight excluding hydrogens is 204 g/mol. The van der Waals surface area contributed by atoms with Crippen LogP contribution in [0.15, 0.2) is 6.20 Å². The summed E-state index contributed by atoms with van der Waals surface area (Å²) in [5, 5.41) is 2.52. The molecule has 1 aliphatic carbocycles. The van der Waals surface area contributed by atoms with E-state index in [2.05, 4.69) is 15.3 Å². The standard InChI is InChI=1S/C12H19N2S/c1-4-8-13(9-5-1)14-10-11-6-2-3-7-12(11)15-14/h10H,1-9H2/q+1. The molecule has 15 heavy (non-hydrogen) atoms. The number of aromatic nitrogens is 1. The van der Waals surface area contributed by atoms with Crippen molar-refractivity contribution in [3.05, 3.63) is 16.6 Å². The van der Waals surface area contributed by atoms with Gasteiger partial charge in [-0.05, 0) is 49.0 Å². The van der Waals surface area contributed by atoms with Gasteiger partial charge in [0.15, 0.2) is 11.5 Å². The fourth-order valence-corrected chi connectivity index (χ4v) is 3.82. The fourth-order valence-electron chi connectivity index (χ4n) is 2.63. The molecule has 1 fully saturated rings. The summed E-state index contributed by atoms with van der Waals surface area (Å²) in [6, 6.07) is 0. The third-order valence-corrected chi connectivity index (χ3v) is 4.75. The van der Waals surface area contributed by atoms with Crippen molar-refractivity contribution in [3.8, 4) is 0 Å². The van der Waals surface area contributed by atoms with Gasteiger partial charge in [-0.15, -0.1) is 0 Å². The van der Waals surface area contributed by atoms with Crippen LogP contribution in [0.25, 0.3) is 0 Å². The summed E-state index contributed by atoms with van der Waals surface area (Å²) in [5.74, 6) is 0. The maximum absolute atomic E-state index is 2.52. The van der Waals surface area contributed by atoms with Crippen molar-refractivity contribution in [3.63, 3.8) is 0 Å². The van der Waals surface area contributed by atoms with Gasteiger partial charge in [-0.25, -0.2) is 0 Å². The van der Waals surface area contributed by atoms with Gasteiger partial charge < -0.3 is 0 Å². The van der Waals surface area contributed by atoms with Crippen LogP contribution in [0, 0.1) is 0 Å². The Hall–Kier alpha value is -0.570. The van der Waals surface area contributed by atoms with Crippen molar-refractivity contribution in [2.75, 3.05) is 18.1 Å². The van der Waals surface area contributed by atoms with Gasteiger partial charge in [0.05, 0.1) is 18.0 Å². The van der Waals surface area contributed by atoms with Crippen LogP contribution in [0.1, 0.15) is 42.5 Å². The molecule has 0 radical (unpaired) electrons. The molecule has 1 aromatic rings. The molecule has 0 saturated carbocycles. The molecule has 2 nitrogen and oxygen atoms in total. The minimum absolute atomic E-state index is 1.25. The maximum Gasteiger partial charge on any atom is 0.220 e. The zero-order chi connectivity index (χ0) is 10.1. The second-order valence-corrected chi connectivity index (χ2v) is 5.74. The predicted molar refractivity (Wildman–Crippen MR) is 63.0 cm³/mol. The van der Waals surface area contributed by atoms with Crippen molar-refractivity contribution in [1.82, 2.24) is 0 Å². The minimum Gasteiger partial charge on any atom is -0.168 e. The smallest absolute Gasteiger partial charge is 0.168 e. The highest BCUT2D eigenvalue weighted by molar-refractivity contribution is 7.01. The van der Waals surface area contributed by atoms with Crippen LogP contribution in [0.2, 0.25) is 0 Å². The first-order valence-corrected chi connectivity index (χ1v) is 7.00. The lowest BCUT2D eigenvalue weighted by molar-refractivity contribution is -0.627. The molecular formula is C12H19N2S+. The molecule has 0 unspecified atom stereocenters. The van der Waals surface area contributed by atoms with Gasteiger partial charge in [-0.2, -0.15) is 5.01 Å². The Morgan fingerprint density at radius 1 is 1.00 bits per heavy atom. The van der Waals surface area contributed by atoms with E-state index in [9.17, 15) is 0 Å². The van der Waals surface area contributed by atoms with E-state index in [1.54, 1.807) is 10.4 Å². The molecule has 0 amide bonds. The first-order valence-electron chi connectivity index (χ1n) is 6.22. The van der Waals surface area contributed by atoms with Gasteiger partial charge >= 0.3 is 0 Å². The summed E-state index contributed by atoms with van der Waals surface area (Å²) in [7, 11) is 0. The predicted octanol–water partition coefficient (Wildman–Crippen LogP) is 2.04. The molecule has 1 saturated heterocycles. The summed E-state index contributed by atoms with van der Waals surface area (Å²) in [6.07, 6.45) is 12.0. The van der Waals surface area contributed by atoms with E-state index in [0.29, 0.717) is 0 Å². The van der Waals surface area contributed by atoms with Crippen molar-refractivity contribution >= 4 is 11.5 Å². The van der Waals surface area contributed by atoms with Crippen LogP contribution < -0.4 is 9.07 Å². The van der Waals surface area contributed by atoms with E-state index < -0.39 is 0 Å². The Morgan fingerprint density at radius 3 is 2.60 bits per heavy atom. The number of aryl methyl sites for hydroxylation is 2. The van der Waals surface area contributed by atoms with E-state index in [-0.39, 0.29) is 0 Å². The molecule has 0 bridgehead atoms. The van der Waals surface area contributed by atoms with E-state index in [4.69, 9.17) is 0 Å². The van der Waals surface area contributed by atoms with Gasteiger partial charge in [-0.3, -0.25) is 0 Å². The van der Waals surface area contributed by atoms with Crippen molar-refractivity contribution in [2.24, 2.45) is 0 Å². The largest absolute Gasteiger partial charge is 0.220 e.